The number of ether oxygens (including phenoxy) is 2. The highest BCUT2D eigenvalue weighted by Gasteiger charge is 2.42. The molecule has 0 saturated carbocycles. The van der Waals surface area contributed by atoms with Crippen molar-refractivity contribution in [2.24, 2.45) is 5.41 Å². The monoisotopic (exact) mass is 407 g/mol. The lowest BCUT2D eigenvalue weighted by molar-refractivity contribution is -0.274. The number of methoxy groups -OCH3 is 1. The summed E-state index contributed by atoms with van der Waals surface area (Å²) in [7, 11) is 1.38. The molecule has 4 nitrogen and oxygen atoms in total. The number of benzene rings is 2. The molecule has 0 aliphatic carbocycles. The third-order valence-corrected chi connectivity index (χ3v) is 5.38. The number of carbonyl (C=O) groups is 1. The second-order valence-corrected chi connectivity index (χ2v) is 7.40. The number of hydrogen-bond donors (Lipinski definition) is 0. The zero-order valence-electron chi connectivity index (χ0n) is 16.2. The summed E-state index contributed by atoms with van der Waals surface area (Å²) in [6.07, 6.45) is -3.04. The Balaban J connectivity index is 1.66. The van der Waals surface area contributed by atoms with E-state index in [1.165, 1.54) is 24.8 Å². The molecule has 7 heteroatoms. The van der Waals surface area contributed by atoms with E-state index in [0.29, 0.717) is 19.3 Å². The van der Waals surface area contributed by atoms with Crippen molar-refractivity contribution in [2.45, 2.75) is 32.2 Å². The number of likely N-dealkylation sites (tertiary alicyclic amines) is 1. The van der Waals surface area contributed by atoms with Gasteiger partial charge in [-0.05, 0) is 55.6 Å². The minimum atomic E-state index is -4.72. The van der Waals surface area contributed by atoms with Crippen LogP contribution in [0.25, 0.3) is 0 Å². The number of piperidine rings is 1. The Bertz CT molecular complexity index is 798. The smallest absolute Gasteiger partial charge is 0.469 e. The molecule has 1 saturated heterocycles. The summed E-state index contributed by atoms with van der Waals surface area (Å²) in [5.41, 5.74) is 1.33. The van der Waals surface area contributed by atoms with Gasteiger partial charge in [0.25, 0.3) is 0 Å². The molecule has 0 unspecified atom stereocenters. The topological polar surface area (TPSA) is 38.8 Å². The van der Waals surface area contributed by atoms with Crippen LogP contribution in [0, 0.1) is 5.41 Å². The molecule has 3 rings (SSSR count). The van der Waals surface area contributed by atoms with Crippen molar-refractivity contribution in [3.05, 3.63) is 65.7 Å². The number of hydrogen-bond acceptors (Lipinski definition) is 4. The summed E-state index contributed by atoms with van der Waals surface area (Å²) in [5, 5.41) is 0. The first kappa shape index (κ1) is 21.2. The average Bonchev–Trinajstić information content (AvgIpc) is 2.70. The molecule has 1 aliphatic rings. The van der Waals surface area contributed by atoms with Crippen molar-refractivity contribution in [3.63, 3.8) is 0 Å². The quantitative estimate of drug-likeness (QED) is 0.657. The van der Waals surface area contributed by atoms with Crippen LogP contribution >= 0.6 is 0 Å². The molecule has 156 valence electrons. The summed E-state index contributed by atoms with van der Waals surface area (Å²) >= 11 is 0. The molecule has 29 heavy (non-hydrogen) atoms. The van der Waals surface area contributed by atoms with E-state index < -0.39 is 11.8 Å². The first-order chi connectivity index (χ1) is 13.8. The van der Waals surface area contributed by atoms with Gasteiger partial charge in [0.1, 0.15) is 5.75 Å². The Kier molecular flexibility index (Phi) is 6.47. The van der Waals surface area contributed by atoms with Crippen molar-refractivity contribution in [3.8, 4) is 5.75 Å². The predicted octanol–water partition coefficient (Wildman–Crippen LogP) is 4.58. The van der Waals surface area contributed by atoms with Gasteiger partial charge in [-0.25, -0.2) is 0 Å². The standard InChI is InChI=1S/C22H24F3NO3/c1-28-20(27)21(15-17-7-9-19(10-8-17)29-22(23,24)25)11-13-26(14-12-21)16-18-5-3-2-4-6-18/h2-10H,11-16H2,1H3. The molecule has 1 heterocycles. The van der Waals surface area contributed by atoms with Gasteiger partial charge in [0, 0.05) is 6.54 Å². The maximum atomic E-state index is 12.6. The molecule has 2 aromatic carbocycles. The number of rotatable bonds is 6. The maximum absolute atomic E-state index is 12.6. The van der Waals surface area contributed by atoms with Crippen molar-refractivity contribution in [2.75, 3.05) is 20.2 Å². The number of esters is 1. The highest BCUT2D eigenvalue weighted by atomic mass is 19.4. The fourth-order valence-corrected chi connectivity index (χ4v) is 3.85. The Hall–Kier alpha value is -2.54. The van der Waals surface area contributed by atoms with Crippen molar-refractivity contribution >= 4 is 5.97 Å². The molecule has 2 aromatic rings. The van der Waals surface area contributed by atoms with Crippen molar-refractivity contribution in [1.82, 2.24) is 4.90 Å². The molecule has 0 N–H and O–H groups in total. The lowest BCUT2D eigenvalue weighted by atomic mass is 9.73. The van der Waals surface area contributed by atoms with Crippen molar-refractivity contribution in [1.29, 1.82) is 0 Å². The van der Waals surface area contributed by atoms with E-state index in [1.807, 2.05) is 18.2 Å². The molecule has 1 fully saturated rings. The third kappa shape index (κ3) is 5.73. The van der Waals surface area contributed by atoms with Crippen LogP contribution in [0.4, 0.5) is 13.2 Å². The van der Waals surface area contributed by atoms with Gasteiger partial charge < -0.3 is 9.47 Å². The highest BCUT2D eigenvalue weighted by Crippen LogP contribution is 2.37. The largest absolute Gasteiger partial charge is 0.573 e. The Morgan fingerprint density at radius 1 is 1.00 bits per heavy atom. The van der Waals surface area contributed by atoms with Crippen LogP contribution in [0.1, 0.15) is 24.0 Å². The van der Waals surface area contributed by atoms with Crippen LogP contribution in [-0.2, 0) is 22.5 Å². The minimum Gasteiger partial charge on any atom is -0.469 e. The van der Waals surface area contributed by atoms with E-state index in [1.54, 1.807) is 12.1 Å². The van der Waals surface area contributed by atoms with Crippen LogP contribution in [0.3, 0.4) is 0 Å². The average molecular weight is 407 g/mol. The molecular weight excluding hydrogens is 383 g/mol. The fourth-order valence-electron chi connectivity index (χ4n) is 3.85. The lowest BCUT2D eigenvalue weighted by Gasteiger charge is -2.40. The summed E-state index contributed by atoms with van der Waals surface area (Å²) < 4.78 is 46.0. The summed E-state index contributed by atoms with van der Waals surface area (Å²) in [6, 6.07) is 15.8. The third-order valence-electron chi connectivity index (χ3n) is 5.38. The maximum Gasteiger partial charge on any atom is 0.573 e. The van der Waals surface area contributed by atoms with Gasteiger partial charge in [-0.3, -0.25) is 9.69 Å². The van der Waals surface area contributed by atoms with Gasteiger partial charge >= 0.3 is 12.3 Å². The van der Waals surface area contributed by atoms with Crippen LogP contribution in [0.15, 0.2) is 54.6 Å². The van der Waals surface area contributed by atoms with E-state index in [2.05, 4.69) is 21.8 Å². The molecule has 0 atom stereocenters. The number of halogens is 3. The van der Waals surface area contributed by atoms with Gasteiger partial charge in [-0.15, -0.1) is 13.2 Å². The molecule has 0 amide bonds. The van der Waals surface area contributed by atoms with Crippen LogP contribution in [0.2, 0.25) is 0 Å². The normalized spacial score (nSPS) is 17.0. The van der Waals surface area contributed by atoms with Gasteiger partial charge in [0.15, 0.2) is 0 Å². The van der Waals surface area contributed by atoms with E-state index >= 15 is 0 Å². The fraction of sp³-hybridized carbons (Fsp3) is 0.409. The first-order valence-corrected chi connectivity index (χ1v) is 9.49. The van der Waals surface area contributed by atoms with E-state index in [0.717, 1.165) is 25.2 Å². The first-order valence-electron chi connectivity index (χ1n) is 9.49. The predicted molar refractivity (Wildman–Crippen MR) is 102 cm³/mol. The van der Waals surface area contributed by atoms with Gasteiger partial charge in [0.05, 0.1) is 12.5 Å². The van der Waals surface area contributed by atoms with E-state index in [9.17, 15) is 18.0 Å². The summed E-state index contributed by atoms with van der Waals surface area (Å²) in [5.74, 6) is -0.543. The second-order valence-electron chi connectivity index (χ2n) is 7.40. The zero-order valence-corrected chi connectivity index (χ0v) is 16.2. The number of carbonyl (C=O) groups excluding carboxylic acids is 1. The molecule has 1 aliphatic heterocycles. The van der Waals surface area contributed by atoms with Gasteiger partial charge in [-0.2, -0.15) is 0 Å². The Labute approximate surface area is 168 Å². The zero-order chi connectivity index (χ0) is 20.9. The lowest BCUT2D eigenvalue weighted by Crippen LogP contribution is -2.45. The molecular formula is C22H24F3NO3. The number of alkyl halides is 3. The molecule has 0 radical (unpaired) electrons. The summed E-state index contributed by atoms with van der Waals surface area (Å²) in [4.78, 5) is 14.9. The number of nitrogens with zero attached hydrogens (tertiary/aromatic N) is 1. The van der Waals surface area contributed by atoms with Gasteiger partial charge in [-0.1, -0.05) is 42.5 Å². The highest BCUT2D eigenvalue weighted by molar-refractivity contribution is 5.77. The Morgan fingerprint density at radius 3 is 2.17 bits per heavy atom. The summed E-state index contributed by atoms with van der Waals surface area (Å²) in [6.45, 7) is 2.32. The minimum absolute atomic E-state index is 0.271. The van der Waals surface area contributed by atoms with Crippen LogP contribution in [-0.4, -0.2) is 37.4 Å². The molecule has 0 spiro atoms. The SMILES string of the molecule is COC(=O)C1(Cc2ccc(OC(F)(F)F)cc2)CCN(Cc2ccccc2)CC1. The van der Waals surface area contributed by atoms with E-state index in [-0.39, 0.29) is 11.7 Å². The Morgan fingerprint density at radius 2 is 1.62 bits per heavy atom. The van der Waals surface area contributed by atoms with Crippen LogP contribution < -0.4 is 4.74 Å². The van der Waals surface area contributed by atoms with Gasteiger partial charge in [0.2, 0.25) is 0 Å². The molecule has 0 bridgehead atoms. The van der Waals surface area contributed by atoms with Crippen molar-refractivity contribution < 1.29 is 27.4 Å². The van der Waals surface area contributed by atoms with Crippen LogP contribution in [0.5, 0.6) is 5.75 Å². The second kappa shape index (κ2) is 8.86. The van der Waals surface area contributed by atoms with E-state index in [4.69, 9.17) is 4.74 Å². The molecule has 0 aromatic heterocycles.